The zero-order chi connectivity index (χ0) is 29.2. The third-order valence-electron chi connectivity index (χ3n) is 6.25. The first-order valence-corrected chi connectivity index (χ1v) is 13.0. The maximum absolute atomic E-state index is 10.6. The summed E-state index contributed by atoms with van der Waals surface area (Å²) in [6.07, 6.45) is 1.20. The predicted octanol–water partition coefficient (Wildman–Crippen LogP) is 4.95. The van der Waals surface area contributed by atoms with E-state index in [2.05, 4.69) is 38.7 Å². The van der Waals surface area contributed by atoms with E-state index < -0.39 is 24.3 Å². The van der Waals surface area contributed by atoms with E-state index in [1.54, 1.807) is 4.88 Å². The Balaban J connectivity index is 0.000000317. The Labute approximate surface area is 224 Å². The van der Waals surface area contributed by atoms with Crippen LogP contribution in [0, 0.1) is 0 Å². The van der Waals surface area contributed by atoms with E-state index in [-0.39, 0.29) is 0 Å². The summed E-state index contributed by atoms with van der Waals surface area (Å²) >= 11 is 2.05. The van der Waals surface area contributed by atoms with Gasteiger partial charge in [-0.05, 0) is 43.7 Å². The summed E-state index contributed by atoms with van der Waals surface area (Å²) in [5, 5.41) is 22.6. The van der Waals surface area contributed by atoms with E-state index in [1.165, 1.54) is 37.0 Å². The van der Waals surface area contributed by atoms with Crippen molar-refractivity contribution in [3.63, 3.8) is 0 Å². The van der Waals surface area contributed by atoms with Gasteiger partial charge in [0.15, 0.2) is 0 Å². The van der Waals surface area contributed by atoms with E-state index in [1.807, 2.05) is 10.9 Å². The summed E-state index contributed by atoms with van der Waals surface area (Å²) in [7, 11) is 0. The van der Waals surface area contributed by atoms with Crippen molar-refractivity contribution < 1.29 is 46.1 Å². The highest BCUT2D eigenvalue weighted by molar-refractivity contribution is 7.12. The highest BCUT2D eigenvalue weighted by Gasteiger charge is 2.38. The second kappa shape index (κ2) is 14.6. The van der Waals surface area contributed by atoms with Crippen molar-refractivity contribution in [1.29, 1.82) is 0 Å². The van der Waals surface area contributed by atoms with Gasteiger partial charge in [0.05, 0.1) is 17.9 Å². The molecule has 220 valence electrons. The van der Waals surface area contributed by atoms with E-state index in [0.29, 0.717) is 12.6 Å². The number of aliphatic carboxylic acids is 2. The van der Waals surface area contributed by atoms with Crippen LogP contribution in [-0.2, 0) is 22.7 Å². The molecule has 39 heavy (non-hydrogen) atoms. The topological polar surface area (TPSA) is 135 Å². The molecule has 0 aromatic carbocycles. The van der Waals surface area contributed by atoms with Crippen LogP contribution in [0.2, 0.25) is 0 Å². The van der Waals surface area contributed by atoms with Crippen LogP contribution in [0.5, 0.6) is 0 Å². The number of nitrogens with zero attached hydrogens (tertiary/aromatic N) is 4. The molecule has 2 fully saturated rings. The van der Waals surface area contributed by atoms with Crippen LogP contribution in [-0.4, -0.2) is 67.5 Å². The number of piperidine rings is 1. The number of likely N-dealkylation sites (tertiary alicyclic amines) is 1. The van der Waals surface area contributed by atoms with E-state index >= 15 is 0 Å². The fourth-order valence-electron chi connectivity index (χ4n) is 4.23. The Morgan fingerprint density at radius 3 is 1.95 bits per heavy atom. The molecule has 0 amide bonds. The number of hydrogen-bond acceptors (Lipinski definition) is 7. The smallest absolute Gasteiger partial charge is 0.475 e. The monoisotopic (exact) mass is 587 g/mol. The summed E-state index contributed by atoms with van der Waals surface area (Å²) in [4.78, 5) is 23.5. The number of hydrogen-bond donors (Lipinski definition) is 3. The zero-order valence-corrected chi connectivity index (χ0v) is 21.7. The lowest BCUT2D eigenvalue weighted by Crippen LogP contribution is -2.34. The van der Waals surface area contributed by atoms with Gasteiger partial charge in [-0.2, -0.15) is 26.3 Å². The average molecular weight is 588 g/mol. The summed E-state index contributed by atoms with van der Waals surface area (Å²) in [5.41, 5.74) is 6.52. The van der Waals surface area contributed by atoms with Crippen LogP contribution in [0.3, 0.4) is 0 Å². The number of alkyl halides is 6. The number of carboxylic acids is 2. The van der Waals surface area contributed by atoms with Crippen molar-refractivity contribution >= 4 is 23.3 Å². The molecule has 1 saturated carbocycles. The minimum Gasteiger partial charge on any atom is -0.475 e. The molecule has 3 heterocycles. The molecular weight excluding hydrogens is 556 g/mol. The van der Waals surface area contributed by atoms with Gasteiger partial charge in [-0.1, -0.05) is 24.5 Å². The first-order chi connectivity index (χ1) is 18.2. The fourth-order valence-corrected chi connectivity index (χ4v) is 5.46. The molecule has 0 spiro atoms. The molecule has 0 bridgehead atoms. The van der Waals surface area contributed by atoms with Crippen LogP contribution < -0.4 is 5.73 Å². The quantitative estimate of drug-likeness (QED) is 0.419. The van der Waals surface area contributed by atoms with Crippen LogP contribution >= 0.6 is 11.3 Å². The molecule has 16 heteroatoms. The Morgan fingerprint density at radius 2 is 1.49 bits per heavy atom. The molecule has 0 radical (unpaired) electrons. The van der Waals surface area contributed by atoms with Gasteiger partial charge in [-0.15, -0.1) is 16.4 Å². The van der Waals surface area contributed by atoms with Crippen molar-refractivity contribution in [3.8, 4) is 0 Å². The predicted molar refractivity (Wildman–Crippen MR) is 129 cm³/mol. The highest BCUT2D eigenvalue weighted by atomic mass is 32.1. The largest absolute Gasteiger partial charge is 0.490 e. The van der Waals surface area contributed by atoms with Crippen LogP contribution in [0.25, 0.3) is 0 Å². The molecule has 0 unspecified atom stereocenters. The lowest BCUT2D eigenvalue weighted by molar-refractivity contribution is -0.193. The minimum absolute atomic E-state index is 0.473. The van der Waals surface area contributed by atoms with Crippen LogP contribution in [0.15, 0.2) is 18.3 Å². The summed E-state index contributed by atoms with van der Waals surface area (Å²) in [5.74, 6) is -4.68. The van der Waals surface area contributed by atoms with Crippen molar-refractivity contribution in [2.24, 2.45) is 5.73 Å². The average Bonchev–Trinajstić information content (AvgIpc) is 3.55. The minimum atomic E-state index is -5.08. The maximum atomic E-state index is 10.6. The molecule has 2 aromatic rings. The maximum Gasteiger partial charge on any atom is 0.490 e. The van der Waals surface area contributed by atoms with Crippen molar-refractivity contribution in [3.05, 3.63) is 33.8 Å². The van der Waals surface area contributed by atoms with Gasteiger partial charge in [0.1, 0.15) is 0 Å². The Kier molecular flexibility index (Phi) is 12.2. The molecule has 9 nitrogen and oxygen atoms in total. The molecule has 2 aliphatic rings. The first kappa shape index (κ1) is 32.5. The molecule has 1 aliphatic heterocycles. The van der Waals surface area contributed by atoms with Crippen LogP contribution in [0.1, 0.15) is 72.4 Å². The summed E-state index contributed by atoms with van der Waals surface area (Å²) in [6.45, 7) is 3.86. The molecule has 1 aliphatic carbocycles. The van der Waals surface area contributed by atoms with Crippen molar-refractivity contribution in [2.45, 2.75) is 82.3 Å². The number of halogens is 6. The molecular formula is C23H31F6N5O4S. The molecule has 4 rings (SSSR count). The van der Waals surface area contributed by atoms with Crippen molar-refractivity contribution in [1.82, 2.24) is 19.9 Å². The number of rotatable bonds is 5. The Morgan fingerprint density at radius 1 is 0.949 bits per heavy atom. The zero-order valence-electron chi connectivity index (χ0n) is 20.9. The van der Waals surface area contributed by atoms with E-state index in [0.717, 1.165) is 44.1 Å². The summed E-state index contributed by atoms with van der Waals surface area (Å²) in [6, 6.07) is 5.24. The normalized spacial score (nSPS) is 17.5. The number of thiophene rings is 1. The summed E-state index contributed by atoms with van der Waals surface area (Å²) < 4.78 is 65.5. The van der Waals surface area contributed by atoms with Gasteiger partial charge < -0.3 is 15.9 Å². The third-order valence-corrected chi connectivity index (χ3v) is 7.49. The molecule has 1 saturated heterocycles. The standard InChI is InChI=1S/C19H29N5S.2C2HF3O2/c20-12-16-13-24(22-21-16)17-8-10-23(11-9-17)14-18-6-7-19(25-18)15-4-2-1-3-5-15;2*3-2(4,5)1(6)7/h6-7,13,15,17H,1-5,8-12,14,20H2;2*(H,6,7). The fraction of sp³-hybridized carbons (Fsp3) is 0.652. The molecule has 4 N–H and O–H groups in total. The van der Waals surface area contributed by atoms with Gasteiger partial charge in [0.25, 0.3) is 0 Å². The van der Waals surface area contributed by atoms with Gasteiger partial charge in [-0.25, -0.2) is 14.3 Å². The number of aromatic nitrogens is 3. The second-order valence-electron chi connectivity index (χ2n) is 9.15. The van der Waals surface area contributed by atoms with Crippen molar-refractivity contribution in [2.75, 3.05) is 13.1 Å². The number of nitrogens with two attached hydrogens (primary N) is 1. The lowest BCUT2D eigenvalue weighted by Gasteiger charge is -2.31. The molecule has 2 aromatic heterocycles. The lowest BCUT2D eigenvalue weighted by atomic mass is 9.88. The Bertz CT molecular complexity index is 1020. The number of carbonyl (C=O) groups is 2. The van der Waals surface area contributed by atoms with Gasteiger partial charge in [0.2, 0.25) is 0 Å². The SMILES string of the molecule is NCc1cn(C2CCN(Cc3ccc(C4CCCCC4)s3)CC2)nn1.O=C(O)C(F)(F)F.O=C(O)C(F)(F)F. The van der Waals surface area contributed by atoms with Gasteiger partial charge >= 0.3 is 24.3 Å². The van der Waals surface area contributed by atoms with Gasteiger partial charge in [0, 0.05) is 35.9 Å². The first-order valence-electron chi connectivity index (χ1n) is 12.2. The highest BCUT2D eigenvalue weighted by Crippen LogP contribution is 2.37. The second-order valence-corrected chi connectivity index (χ2v) is 10.3. The molecule has 0 atom stereocenters. The third kappa shape index (κ3) is 11.1. The Hall–Kier alpha value is -2.72. The van der Waals surface area contributed by atoms with E-state index in [4.69, 9.17) is 25.5 Å². The number of carboxylic acid groups (broad SMARTS) is 2. The van der Waals surface area contributed by atoms with Crippen LogP contribution in [0.4, 0.5) is 26.3 Å². The van der Waals surface area contributed by atoms with Gasteiger partial charge in [-0.3, -0.25) is 4.90 Å². The van der Waals surface area contributed by atoms with E-state index in [9.17, 15) is 26.3 Å².